The summed E-state index contributed by atoms with van der Waals surface area (Å²) in [6, 6.07) is 15.8. The second-order valence-corrected chi connectivity index (χ2v) is 6.97. The van der Waals surface area contributed by atoms with Crippen molar-refractivity contribution >= 4 is 11.8 Å². The molecule has 27 heavy (non-hydrogen) atoms. The summed E-state index contributed by atoms with van der Waals surface area (Å²) in [5.74, 6) is -0.116. The Morgan fingerprint density at radius 2 is 1.78 bits per heavy atom. The number of likely N-dealkylation sites (N-methyl/N-ethyl adjacent to an activating group) is 1. The molecule has 4 nitrogen and oxygen atoms in total. The average Bonchev–Trinajstić information content (AvgIpc) is 2.68. The van der Waals surface area contributed by atoms with Crippen molar-refractivity contribution in [3.05, 3.63) is 70.8 Å². The molecular formula is C23H30N2O2. The van der Waals surface area contributed by atoms with Gasteiger partial charge in [0.25, 0.3) is 0 Å². The largest absolute Gasteiger partial charge is 0.357 e. The molecule has 0 radical (unpaired) electrons. The van der Waals surface area contributed by atoms with Gasteiger partial charge in [-0.3, -0.25) is 9.59 Å². The van der Waals surface area contributed by atoms with Crippen molar-refractivity contribution in [2.75, 3.05) is 13.6 Å². The predicted molar refractivity (Wildman–Crippen MR) is 110 cm³/mol. The molecule has 0 aliphatic carbocycles. The summed E-state index contributed by atoms with van der Waals surface area (Å²) < 4.78 is 0. The normalized spacial score (nSPS) is 11.7. The smallest absolute Gasteiger partial charge is 0.242 e. The number of carbonyl (C=O) groups is 2. The lowest BCUT2D eigenvalue weighted by Gasteiger charge is -2.30. The van der Waals surface area contributed by atoms with Gasteiger partial charge in [0.2, 0.25) is 11.8 Å². The van der Waals surface area contributed by atoms with E-state index in [0.29, 0.717) is 19.4 Å². The maximum atomic E-state index is 13.2. The van der Waals surface area contributed by atoms with E-state index in [4.69, 9.17) is 0 Å². The average molecular weight is 367 g/mol. The third-order valence-corrected chi connectivity index (χ3v) is 4.96. The van der Waals surface area contributed by atoms with Crippen molar-refractivity contribution in [3.63, 3.8) is 0 Å². The van der Waals surface area contributed by atoms with Crippen LogP contribution in [0.25, 0.3) is 0 Å². The fourth-order valence-electron chi connectivity index (χ4n) is 3.32. The molecular weight excluding hydrogens is 336 g/mol. The fourth-order valence-corrected chi connectivity index (χ4v) is 3.32. The summed E-state index contributed by atoms with van der Waals surface area (Å²) >= 11 is 0. The molecule has 0 aliphatic heterocycles. The van der Waals surface area contributed by atoms with Gasteiger partial charge in [-0.05, 0) is 43.4 Å². The van der Waals surface area contributed by atoms with Gasteiger partial charge in [0.1, 0.15) is 6.04 Å². The van der Waals surface area contributed by atoms with Crippen LogP contribution in [0.15, 0.2) is 48.5 Å². The Morgan fingerprint density at radius 3 is 2.41 bits per heavy atom. The van der Waals surface area contributed by atoms with Crippen LogP contribution in [0.5, 0.6) is 0 Å². The number of rotatable bonds is 8. The van der Waals surface area contributed by atoms with Crippen LogP contribution in [0, 0.1) is 13.8 Å². The van der Waals surface area contributed by atoms with E-state index in [2.05, 4.69) is 17.4 Å². The first kappa shape index (κ1) is 20.7. The molecule has 0 fully saturated rings. The zero-order chi connectivity index (χ0) is 19.8. The van der Waals surface area contributed by atoms with Crippen molar-refractivity contribution in [2.24, 2.45) is 0 Å². The summed E-state index contributed by atoms with van der Waals surface area (Å²) in [4.78, 5) is 27.3. The molecule has 144 valence electrons. The Morgan fingerprint density at radius 1 is 1.07 bits per heavy atom. The SMILES string of the molecule is CCC(C(=O)NC)N(CCc1ccccc1)C(=O)Cc1cc(C)ccc1C. The van der Waals surface area contributed by atoms with E-state index in [0.717, 1.165) is 28.7 Å². The second-order valence-electron chi connectivity index (χ2n) is 6.97. The summed E-state index contributed by atoms with van der Waals surface area (Å²) in [5, 5.41) is 2.70. The molecule has 1 unspecified atom stereocenters. The maximum Gasteiger partial charge on any atom is 0.242 e. The number of hydrogen-bond acceptors (Lipinski definition) is 2. The minimum absolute atomic E-state index is 0.00455. The van der Waals surface area contributed by atoms with Crippen LogP contribution >= 0.6 is 0 Å². The van der Waals surface area contributed by atoms with Crippen molar-refractivity contribution in [1.82, 2.24) is 10.2 Å². The molecule has 0 bridgehead atoms. The third-order valence-electron chi connectivity index (χ3n) is 4.96. The molecule has 1 N–H and O–H groups in total. The van der Waals surface area contributed by atoms with Gasteiger partial charge in [-0.1, -0.05) is 61.0 Å². The van der Waals surface area contributed by atoms with Gasteiger partial charge in [0, 0.05) is 13.6 Å². The first-order chi connectivity index (χ1) is 13.0. The molecule has 2 amide bonds. The van der Waals surface area contributed by atoms with E-state index in [-0.39, 0.29) is 11.8 Å². The van der Waals surface area contributed by atoms with Gasteiger partial charge in [-0.2, -0.15) is 0 Å². The lowest BCUT2D eigenvalue weighted by molar-refractivity contribution is -0.140. The van der Waals surface area contributed by atoms with Crippen LogP contribution in [0.1, 0.15) is 35.6 Å². The molecule has 2 aromatic carbocycles. The van der Waals surface area contributed by atoms with Crippen LogP contribution in [0.4, 0.5) is 0 Å². The minimum atomic E-state index is -0.448. The van der Waals surface area contributed by atoms with Gasteiger partial charge >= 0.3 is 0 Å². The molecule has 0 aromatic heterocycles. The monoisotopic (exact) mass is 366 g/mol. The van der Waals surface area contributed by atoms with Gasteiger partial charge in [-0.15, -0.1) is 0 Å². The van der Waals surface area contributed by atoms with Crippen LogP contribution in [-0.4, -0.2) is 36.3 Å². The zero-order valence-electron chi connectivity index (χ0n) is 16.8. The highest BCUT2D eigenvalue weighted by Gasteiger charge is 2.27. The molecule has 2 aromatic rings. The van der Waals surface area contributed by atoms with E-state index in [9.17, 15) is 9.59 Å². The zero-order valence-corrected chi connectivity index (χ0v) is 16.8. The van der Waals surface area contributed by atoms with Gasteiger partial charge in [-0.25, -0.2) is 0 Å². The van der Waals surface area contributed by atoms with Crippen molar-refractivity contribution in [2.45, 2.75) is 46.1 Å². The summed E-state index contributed by atoms with van der Waals surface area (Å²) in [7, 11) is 1.62. The second kappa shape index (κ2) is 9.91. The van der Waals surface area contributed by atoms with E-state index in [1.165, 1.54) is 0 Å². The molecule has 2 rings (SSSR count). The Kier molecular flexibility index (Phi) is 7.59. The number of carbonyl (C=O) groups excluding carboxylic acids is 2. The number of hydrogen-bond donors (Lipinski definition) is 1. The van der Waals surface area contributed by atoms with E-state index in [1.807, 2.05) is 57.2 Å². The number of amides is 2. The first-order valence-corrected chi connectivity index (χ1v) is 9.57. The fraction of sp³-hybridized carbons (Fsp3) is 0.391. The maximum absolute atomic E-state index is 13.2. The van der Waals surface area contributed by atoms with Crippen LogP contribution < -0.4 is 5.32 Å². The lowest BCUT2D eigenvalue weighted by Crippen LogP contribution is -2.49. The van der Waals surface area contributed by atoms with Crippen molar-refractivity contribution in [3.8, 4) is 0 Å². The highest BCUT2D eigenvalue weighted by atomic mass is 16.2. The van der Waals surface area contributed by atoms with Gasteiger partial charge in [0.15, 0.2) is 0 Å². The number of nitrogens with zero attached hydrogens (tertiary/aromatic N) is 1. The molecule has 0 heterocycles. The van der Waals surface area contributed by atoms with E-state index < -0.39 is 6.04 Å². The van der Waals surface area contributed by atoms with Gasteiger partial charge in [0.05, 0.1) is 6.42 Å². The summed E-state index contributed by atoms with van der Waals surface area (Å²) in [6.45, 7) is 6.52. The Bertz CT molecular complexity index is 771. The number of aryl methyl sites for hydroxylation is 2. The van der Waals surface area contributed by atoms with Crippen LogP contribution in [-0.2, 0) is 22.4 Å². The summed E-state index contributed by atoms with van der Waals surface area (Å²) in [6.07, 6.45) is 1.63. The molecule has 0 aliphatic rings. The molecule has 0 saturated carbocycles. The molecule has 4 heteroatoms. The third kappa shape index (κ3) is 5.68. The quantitative estimate of drug-likeness (QED) is 0.778. The molecule has 1 atom stereocenters. The number of nitrogens with one attached hydrogen (secondary N) is 1. The van der Waals surface area contributed by atoms with Crippen molar-refractivity contribution in [1.29, 1.82) is 0 Å². The van der Waals surface area contributed by atoms with Gasteiger partial charge < -0.3 is 10.2 Å². The van der Waals surface area contributed by atoms with Crippen LogP contribution in [0.2, 0.25) is 0 Å². The highest BCUT2D eigenvalue weighted by molar-refractivity contribution is 5.88. The Hall–Kier alpha value is -2.62. The Balaban J connectivity index is 2.22. The van der Waals surface area contributed by atoms with E-state index in [1.54, 1.807) is 11.9 Å². The Labute approximate surface area is 162 Å². The predicted octanol–water partition coefficient (Wildman–Crippen LogP) is 3.44. The molecule has 0 saturated heterocycles. The standard InChI is InChI=1S/C23H30N2O2/c1-5-21(23(27)24-4)25(14-13-19-9-7-6-8-10-19)22(26)16-20-15-17(2)11-12-18(20)3/h6-12,15,21H,5,13-14,16H2,1-4H3,(H,24,27). The topological polar surface area (TPSA) is 49.4 Å². The number of benzene rings is 2. The van der Waals surface area contributed by atoms with Crippen molar-refractivity contribution < 1.29 is 9.59 Å². The lowest BCUT2D eigenvalue weighted by atomic mass is 10.0. The minimum Gasteiger partial charge on any atom is -0.357 e. The highest BCUT2D eigenvalue weighted by Crippen LogP contribution is 2.15. The van der Waals surface area contributed by atoms with Crippen LogP contribution in [0.3, 0.4) is 0 Å². The van der Waals surface area contributed by atoms with E-state index >= 15 is 0 Å². The first-order valence-electron chi connectivity index (χ1n) is 9.57. The molecule has 0 spiro atoms. The summed E-state index contributed by atoms with van der Waals surface area (Å²) in [5.41, 5.74) is 4.42.